The van der Waals surface area contributed by atoms with Crippen molar-refractivity contribution in [1.29, 1.82) is 5.26 Å². The van der Waals surface area contributed by atoms with E-state index in [1.807, 2.05) is 18.2 Å². The number of benzene rings is 1. The fourth-order valence-electron chi connectivity index (χ4n) is 2.75. The normalized spacial score (nSPS) is 18.9. The summed E-state index contributed by atoms with van der Waals surface area (Å²) in [6.45, 7) is 3.87. The minimum Gasteiger partial charge on any atom is -0.303 e. The monoisotopic (exact) mass is 277 g/mol. The first-order valence-electron chi connectivity index (χ1n) is 6.83. The lowest BCUT2D eigenvalue weighted by atomic mass is 9.74. The van der Waals surface area contributed by atoms with Gasteiger partial charge in [-0.25, -0.2) is 4.84 Å². The molecular weight excluding hydrogens is 258 g/mol. The fourth-order valence-corrected chi connectivity index (χ4v) is 2.88. The van der Waals surface area contributed by atoms with E-state index < -0.39 is 0 Å². The zero-order chi connectivity index (χ0) is 13.6. The molecule has 1 N–H and O–H groups in total. The molecule has 1 aromatic rings. The van der Waals surface area contributed by atoms with Crippen molar-refractivity contribution in [2.45, 2.75) is 24.7 Å². The third-order valence-electron chi connectivity index (χ3n) is 4.00. The van der Waals surface area contributed by atoms with Gasteiger partial charge < -0.3 is 4.90 Å². The van der Waals surface area contributed by atoms with Crippen molar-refractivity contribution in [3.05, 3.63) is 35.9 Å². The van der Waals surface area contributed by atoms with Crippen molar-refractivity contribution >= 4 is 11.8 Å². The number of nitrogens with one attached hydrogen (secondary N) is 1. The Kier molecular flexibility index (Phi) is 5.21. The Bertz CT molecular complexity index is 419. The minimum atomic E-state index is -0.289. The summed E-state index contributed by atoms with van der Waals surface area (Å²) in [4.78, 5) is 5.08. The maximum absolute atomic E-state index is 9.60. The first-order chi connectivity index (χ1) is 9.30. The largest absolute Gasteiger partial charge is 0.303 e. The van der Waals surface area contributed by atoms with Crippen LogP contribution in [0.2, 0.25) is 0 Å². The molecule has 1 aliphatic rings. The van der Waals surface area contributed by atoms with Gasteiger partial charge in [0.25, 0.3) is 0 Å². The topological polar surface area (TPSA) is 39.1 Å². The third-order valence-corrected chi connectivity index (χ3v) is 4.18. The van der Waals surface area contributed by atoms with Crippen molar-refractivity contribution in [3.63, 3.8) is 0 Å². The van der Waals surface area contributed by atoms with Gasteiger partial charge in [-0.1, -0.05) is 30.3 Å². The van der Waals surface area contributed by atoms with E-state index in [9.17, 15) is 5.26 Å². The van der Waals surface area contributed by atoms with Crippen LogP contribution in [0.25, 0.3) is 0 Å². The first kappa shape index (κ1) is 14.3. The molecule has 0 atom stereocenters. The average molecular weight is 278 g/mol. The summed E-state index contributed by atoms with van der Waals surface area (Å²) in [5.74, 6) is 0. The van der Waals surface area contributed by atoms with Crippen LogP contribution in [0.3, 0.4) is 0 Å². The summed E-state index contributed by atoms with van der Waals surface area (Å²) in [7, 11) is 0. The van der Waals surface area contributed by atoms with Crippen molar-refractivity contribution in [1.82, 2.24) is 9.74 Å². The fraction of sp³-hybridized carbons (Fsp3) is 0.533. The Balaban J connectivity index is 1.95. The van der Waals surface area contributed by atoms with Gasteiger partial charge in [0, 0.05) is 6.54 Å². The van der Waals surface area contributed by atoms with Gasteiger partial charge in [-0.15, -0.1) is 0 Å². The maximum atomic E-state index is 9.60. The van der Waals surface area contributed by atoms with Gasteiger partial charge in [-0.3, -0.25) is 0 Å². The van der Waals surface area contributed by atoms with Gasteiger partial charge in [-0.05, 0) is 56.2 Å². The van der Waals surface area contributed by atoms with E-state index in [0.29, 0.717) is 0 Å². The second kappa shape index (κ2) is 6.91. The molecule has 4 heteroatoms. The summed E-state index contributed by atoms with van der Waals surface area (Å²) in [5.41, 5.74) is 0.877. The van der Waals surface area contributed by atoms with E-state index in [1.54, 1.807) is 0 Å². The number of nitriles is 1. The van der Waals surface area contributed by atoms with Crippen molar-refractivity contribution in [2.75, 3.05) is 26.2 Å². The number of hydrogen-bond donors (Lipinski definition) is 1. The van der Waals surface area contributed by atoms with Crippen LogP contribution in [0.5, 0.6) is 0 Å². The highest BCUT2D eigenvalue weighted by Crippen LogP contribution is 2.34. The molecule has 0 saturated carbocycles. The highest BCUT2D eigenvalue weighted by molar-refractivity contribution is 6.13. The Morgan fingerprint density at radius 2 is 1.95 bits per heavy atom. The molecule has 0 aromatic heterocycles. The highest BCUT2D eigenvalue weighted by atomic mass is 35.5. The average Bonchev–Trinajstić information content (AvgIpc) is 2.49. The van der Waals surface area contributed by atoms with Crippen LogP contribution < -0.4 is 4.84 Å². The van der Waals surface area contributed by atoms with E-state index >= 15 is 0 Å². The first-order valence-corrected chi connectivity index (χ1v) is 7.21. The molecule has 19 heavy (non-hydrogen) atoms. The summed E-state index contributed by atoms with van der Waals surface area (Å²) in [6.07, 6.45) is 2.89. The van der Waals surface area contributed by atoms with E-state index in [1.165, 1.54) is 5.56 Å². The Morgan fingerprint density at radius 3 is 2.53 bits per heavy atom. The zero-order valence-electron chi connectivity index (χ0n) is 11.1. The van der Waals surface area contributed by atoms with Crippen LogP contribution >= 0.6 is 11.8 Å². The predicted octanol–water partition coefficient (Wildman–Crippen LogP) is 2.68. The van der Waals surface area contributed by atoms with Gasteiger partial charge >= 0.3 is 0 Å². The second-order valence-corrected chi connectivity index (χ2v) is 5.41. The lowest BCUT2D eigenvalue weighted by molar-refractivity contribution is 0.185. The van der Waals surface area contributed by atoms with Gasteiger partial charge in [0.1, 0.15) is 0 Å². The van der Waals surface area contributed by atoms with Gasteiger partial charge in [0.2, 0.25) is 0 Å². The Morgan fingerprint density at radius 1 is 1.26 bits per heavy atom. The van der Waals surface area contributed by atoms with Crippen molar-refractivity contribution < 1.29 is 0 Å². The molecule has 1 heterocycles. The molecule has 0 amide bonds. The van der Waals surface area contributed by atoms with Crippen LogP contribution in [0.15, 0.2) is 30.3 Å². The van der Waals surface area contributed by atoms with Gasteiger partial charge in [-0.2, -0.15) is 5.26 Å². The lowest BCUT2D eigenvalue weighted by Gasteiger charge is -2.37. The van der Waals surface area contributed by atoms with E-state index in [4.69, 9.17) is 11.8 Å². The molecule has 0 bridgehead atoms. The van der Waals surface area contributed by atoms with Crippen molar-refractivity contribution in [2.24, 2.45) is 0 Å². The number of rotatable bonds is 5. The van der Waals surface area contributed by atoms with Crippen LogP contribution in [0.4, 0.5) is 0 Å². The summed E-state index contributed by atoms with van der Waals surface area (Å²) in [6, 6.07) is 12.8. The van der Waals surface area contributed by atoms with E-state index in [-0.39, 0.29) is 5.41 Å². The number of piperidine rings is 1. The molecule has 102 valence electrons. The van der Waals surface area contributed by atoms with E-state index in [2.05, 4.69) is 27.9 Å². The molecule has 0 aliphatic carbocycles. The minimum absolute atomic E-state index is 0.289. The molecule has 1 fully saturated rings. The third kappa shape index (κ3) is 3.48. The zero-order valence-corrected chi connectivity index (χ0v) is 11.9. The predicted molar refractivity (Wildman–Crippen MR) is 77.9 cm³/mol. The molecular formula is C15H20ClN3. The van der Waals surface area contributed by atoms with Crippen LogP contribution in [0.1, 0.15) is 24.8 Å². The molecule has 2 rings (SSSR count). The number of likely N-dealkylation sites (tertiary alicyclic amines) is 1. The standard InChI is InChI=1S/C15H20ClN3/c16-18-9-4-10-19-11-7-15(13-17,8-12-19)14-5-2-1-3-6-14/h1-3,5-6,18H,4,7-12H2. The molecule has 3 nitrogen and oxygen atoms in total. The highest BCUT2D eigenvalue weighted by Gasteiger charge is 2.35. The smallest absolute Gasteiger partial charge is 0.0846 e. The second-order valence-electron chi connectivity index (χ2n) is 5.14. The number of nitrogens with zero attached hydrogens (tertiary/aromatic N) is 2. The molecule has 1 aromatic carbocycles. The summed E-state index contributed by atoms with van der Waals surface area (Å²) in [5, 5.41) is 9.60. The number of halogens is 1. The quantitative estimate of drug-likeness (QED) is 0.664. The van der Waals surface area contributed by atoms with Crippen molar-refractivity contribution in [3.8, 4) is 6.07 Å². The lowest BCUT2D eigenvalue weighted by Crippen LogP contribution is -2.42. The molecule has 0 unspecified atom stereocenters. The van der Waals surface area contributed by atoms with Gasteiger partial charge in [0.05, 0.1) is 11.5 Å². The Labute approximate surface area is 120 Å². The molecule has 1 saturated heterocycles. The number of hydrogen-bond acceptors (Lipinski definition) is 3. The van der Waals surface area contributed by atoms with Crippen LogP contribution in [-0.4, -0.2) is 31.1 Å². The summed E-state index contributed by atoms with van der Waals surface area (Å²) >= 11 is 5.46. The van der Waals surface area contributed by atoms with Gasteiger partial charge in [0.15, 0.2) is 0 Å². The summed E-state index contributed by atoms with van der Waals surface area (Å²) < 4.78 is 0. The van der Waals surface area contributed by atoms with Crippen LogP contribution in [-0.2, 0) is 5.41 Å². The SMILES string of the molecule is N#CC1(c2ccccc2)CCN(CCCNCl)CC1. The van der Waals surface area contributed by atoms with E-state index in [0.717, 1.165) is 45.4 Å². The molecule has 1 aliphatic heterocycles. The molecule has 0 spiro atoms. The molecule has 0 radical (unpaired) electrons. The maximum Gasteiger partial charge on any atom is 0.0846 e. The Hall–Kier alpha value is -1.08. The van der Waals surface area contributed by atoms with Crippen LogP contribution in [0, 0.1) is 11.3 Å².